The van der Waals surface area contributed by atoms with Crippen molar-refractivity contribution < 1.29 is 13.9 Å². The van der Waals surface area contributed by atoms with Gasteiger partial charge in [0.05, 0.1) is 13.4 Å². The smallest absolute Gasteiger partial charge is 0.249 e. The SMILES string of the molecule is COc1c(/C(C)=C/C(=O)Nc2ccc(C)cn2)cc2c(-c3ccccc3)coc2c1C. The van der Waals surface area contributed by atoms with Crippen molar-refractivity contribution in [2.45, 2.75) is 20.8 Å². The van der Waals surface area contributed by atoms with Crippen molar-refractivity contribution >= 4 is 28.3 Å². The Bertz CT molecular complexity index is 1270. The van der Waals surface area contributed by atoms with Crippen molar-refractivity contribution in [2.24, 2.45) is 0 Å². The minimum Gasteiger partial charge on any atom is -0.496 e. The fraction of sp³-hybridized carbons (Fsp3) is 0.154. The first-order chi connectivity index (χ1) is 15.0. The van der Waals surface area contributed by atoms with Gasteiger partial charge in [-0.2, -0.15) is 0 Å². The Morgan fingerprint density at radius 2 is 1.90 bits per heavy atom. The molecule has 0 aliphatic carbocycles. The minimum absolute atomic E-state index is 0.246. The molecule has 5 heteroatoms. The zero-order valence-electron chi connectivity index (χ0n) is 18.0. The molecule has 156 valence electrons. The molecule has 5 nitrogen and oxygen atoms in total. The molecule has 0 atom stereocenters. The lowest BCUT2D eigenvalue weighted by molar-refractivity contribution is -0.111. The lowest BCUT2D eigenvalue weighted by Gasteiger charge is -2.13. The van der Waals surface area contributed by atoms with Crippen LogP contribution in [0.3, 0.4) is 0 Å². The molecule has 1 amide bonds. The fourth-order valence-electron chi connectivity index (χ4n) is 3.69. The van der Waals surface area contributed by atoms with Gasteiger partial charge in [-0.1, -0.05) is 36.4 Å². The van der Waals surface area contributed by atoms with Crippen molar-refractivity contribution in [3.8, 4) is 16.9 Å². The van der Waals surface area contributed by atoms with Gasteiger partial charge in [0, 0.05) is 34.3 Å². The maximum atomic E-state index is 12.6. The highest BCUT2D eigenvalue weighted by Gasteiger charge is 2.18. The number of allylic oxidation sites excluding steroid dienone is 1. The number of amides is 1. The summed E-state index contributed by atoms with van der Waals surface area (Å²) < 4.78 is 11.6. The number of aromatic nitrogens is 1. The van der Waals surface area contributed by atoms with Crippen LogP contribution in [0.2, 0.25) is 0 Å². The van der Waals surface area contributed by atoms with E-state index in [2.05, 4.69) is 10.3 Å². The molecule has 0 bridgehead atoms. The molecule has 31 heavy (non-hydrogen) atoms. The Morgan fingerprint density at radius 3 is 2.58 bits per heavy atom. The van der Waals surface area contributed by atoms with Crippen LogP contribution >= 0.6 is 0 Å². The van der Waals surface area contributed by atoms with E-state index in [1.807, 2.05) is 63.2 Å². The lowest BCUT2D eigenvalue weighted by Crippen LogP contribution is -2.10. The van der Waals surface area contributed by atoms with Crippen LogP contribution < -0.4 is 10.1 Å². The van der Waals surface area contributed by atoms with Gasteiger partial charge in [-0.05, 0) is 49.6 Å². The van der Waals surface area contributed by atoms with Crippen molar-refractivity contribution in [1.29, 1.82) is 0 Å². The fourth-order valence-corrected chi connectivity index (χ4v) is 3.69. The zero-order valence-corrected chi connectivity index (χ0v) is 18.0. The summed E-state index contributed by atoms with van der Waals surface area (Å²) in [6.07, 6.45) is 5.05. The first-order valence-corrected chi connectivity index (χ1v) is 10.0. The van der Waals surface area contributed by atoms with Crippen LogP contribution in [0.25, 0.3) is 27.7 Å². The average molecular weight is 412 g/mol. The molecule has 0 aliphatic rings. The van der Waals surface area contributed by atoms with E-state index in [0.29, 0.717) is 11.6 Å². The Balaban J connectivity index is 1.75. The van der Waals surface area contributed by atoms with Crippen LogP contribution in [0.1, 0.15) is 23.6 Å². The van der Waals surface area contributed by atoms with Gasteiger partial charge in [0.15, 0.2) is 0 Å². The molecule has 0 aliphatic heterocycles. The third-order valence-corrected chi connectivity index (χ3v) is 5.27. The molecule has 4 rings (SSSR count). The van der Waals surface area contributed by atoms with E-state index < -0.39 is 0 Å². The van der Waals surface area contributed by atoms with E-state index >= 15 is 0 Å². The van der Waals surface area contributed by atoms with E-state index in [0.717, 1.165) is 44.4 Å². The second-order valence-corrected chi connectivity index (χ2v) is 7.51. The molecule has 0 radical (unpaired) electrons. The van der Waals surface area contributed by atoms with Crippen molar-refractivity contribution in [3.05, 3.63) is 83.8 Å². The number of ether oxygens (including phenoxy) is 1. The van der Waals surface area contributed by atoms with Gasteiger partial charge in [-0.15, -0.1) is 0 Å². The molecule has 0 fully saturated rings. The monoisotopic (exact) mass is 412 g/mol. The molecule has 0 spiro atoms. The maximum Gasteiger partial charge on any atom is 0.249 e. The van der Waals surface area contributed by atoms with Gasteiger partial charge >= 0.3 is 0 Å². The van der Waals surface area contributed by atoms with Gasteiger partial charge in [-0.3, -0.25) is 4.79 Å². The standard InChI is InChI=1S/C26H24N2O3/c1-16-10-11-23(27-14-16)28-24(29)12-17(2)20-13-21-22(19-8-6-5-7-9-19)15-31-26(21)18(3)25(20)30-4/h5-15H,1-4H3,(H,27,28,29)/b17-12+. The van der Waals surface area contributed by atoms with Crippen LogP contribution in [-0.4, -0.2) is 18.0 Å². The van der Waals surface area contributed by atoms with E-state index in [4.69, 9.17) is 9.15 Å². The number of carbonyl (C=O) groups excluding carboxylic acids is 1. The second kappa shape index (κ2) is 8.48. The highest BCUT2D eigenvalue weighted by atomic mass is 16.5. The summed E-state index contributed by atoms with van der Waals surface area (Å²) in [4.78, 5) is 16.8. The molecule has 0 saturated heterocycles. The van der Waals surface area contributed by atoms with Gasteiger partial charge < -0.3 is 14.5 Å². The number of furan rings is 1. The number of anilines is 1. The number of pyridine rings is 1. The van der Waals surface area contributed by atoms with E-state index in [1.54, 1.807) is 31.7 Å². The number of methoxy groups -OCH3 is 1. The molecule has 2 aromatic carbocycles. The molecule has 0 unspecified atom stereocenters. The van der Waals surface area contributed by atoms with E-state index in [9.17, 15) is 4.79 Å². The zero-order chi connectivity index (χ0) is 22.0. The third kappa shape index (κ3) is 4.08. The predicted octanol–water partition coefficient (Wildman–Crippen LogP) is 6.16. The first-order valence-electron chi connectivity index (χ1n) is 10.0. The highest BCUT2D eigenvalue weighted by molar-refractivity contribution is 6.05. The summed E-state index contributed by atoms with van der Waals surface area (Å²) in [5, 5.41) is 3.79. The number of aryl methyl sites for hydroxylation is 2. The molecular formula is C26H24N2O3. The number of nitrogens with one attached hydrogen (secondary N) is 1. The number of hydrogen-bond donors (Lipinski definition) is 1. The largest absolute Gasteiger partial charge is 0.496 e. The summed E-state index contributed by atoms with van der Waals surface area (Å²) in [5.74, 6) is 0.958. The molecule has 1 N–H and O–H groups in total. The van der Waals surface area contributed by atoms with Gasteiger partial charge in [-0.25, -0.2) is 4.98 Å². The molecule has 2 aromatic heterocycles. The Kier molecular flexibility index (Phi) is 5.58. The van der Waals surface area contributed by atoms with E-state index in [1.165, 1.54) is 0 Å². The first kappa shape index (κ1) is 20.4. The Morgan fingerprint density at radius 1 is 1.13 bits per heavy atom. The minimum atomic E-state index is -0.246. The third-order valence-electron chi connectivity index (χ3n) is 5.27. The van der Waals surface area contributed by atoms with Gasteiger partial charge in [0.1, 0.15) is 17.2 Å². The number of fused-ring (bicyclic) bond motifs is 1. The predicted molar refractivity (Wildman–Crippen MR) is 124 cm³/mol. The van der Waals surface area contributed by atoms with Crippen LogP contribution in [0.4, 0.5) is 5.82 Å². The number of carbonyl (C=O) groups is 1. The number of nitrogens with zero attached hydrogens (tertiary/aromatic N) is 1. The number of benzene rings is 2. The molecular weight excluding hydrogens is 388 g/mol. The molecule has 2 heterocycles. The topological polar surface area (TPSA) is 64.4 Å². The lowest BCUT2D eigenvalue weighted by atomic mass is 9.96. The van der Waals surface area contributed by atoms with Gasteiger partial charge in [0.25, 0.3) is 0 Å². The van der Waals surface area contributed by atoms with Crippen molar-refractivity contribution in [3.63, 3.8) is 0 Å². The highest BCUT2D eigenvalue weighted by Crippen LogP contribution is 2.40. The maximum absolute atomic E-state index is 12.6. The molecule has 0 saturated carbocycles. The summed E-state index contributed by atoms with van der Waals surface area (Å²) >= 11 is 0. The Hall–Kier alpha value is -3.86. The van der Waals surface area contributed by atoms with Crippen LogP contribution in [0.5, 0.6) is 5.75 Å². The van der Waals surface area contributed by atoms with Crippen molar-refractivity contribution in [1.82, 2.24) is 4.98 Å². The average Bonchev–Trinajstić information content (AvgIpc) is 3.20. The summed E-state index contributed by atoms with van der Waals surface area (Å²) in [6, 6.07) is 15.8. The van der Waals surface area contributed by atoms with Crippen molar-refractivity contribution in [2.75, 3.05) is 12.4 Å². The number of hydrogen-bond acceptors (Lipinski definition) is 4. The van der Waals surface area contributed by atoms with Crippen LogP contribution in [0, 0.1) is 13.8 Å². The van der Waals surface area contributed by atoms with Crippen LogP contribution in [-0.2, 0) is 4.79 Å². The Labute approximate surface area is 181 Å². The normalized spacial score (nSPS) is 11.5. The van der Waals surface area contributed by atoms with E-state index in [-0.39, 0.29) is 5.91 Å². The summed E-state index contributed by atoms with van der Waals surface area (Å²) in [5.41, 5.74) is 6.41. The quantitative estimate of drug-likeness (QED) is 0.399. The number of rotatable bonds is 5. The summed E-state index contributed by atoms with van der Waals surface area (Å²) in [7, 11) is 1.63. The molecule has 4 aromatic rings. The second-order valence-electron chi connectivity index (χ2n) is 7.51. The van der Waals surface area contributed by atoms with Gasteiger partial charge in [0.2, 0.25) is 5.91 Å². The summed E-state index contributed by atoms with van der Waals surface area (Å²) in [6.45, 7) is 5.81. The van der Waals surface area contributed by atoms with Crippen LogP contribution in [0.15, 0.2) is 71.5 Å².